The first-order valence-electron chi connectivity index (χ1n) is 15.7. The molecule has 2 rings (SSSR count). The molecule has 3 atom stereocenters. The second-order valence-corrected chi connectivity index (χ2v) is 14.5. The van der Waals surface area contributed by atoms with E-state index in [1.165, 1.54) is 32.9 Å². The molecule has 1 radical (unpaired) electrons. The molecular formula is C33H44F5N4O8. The minimum atomic E-state index is -6.31. The highest BCUT2D eigenvalue weighted by molar-refractivity contribution is 6.01. The van der Waals surface area contributed by atoms with E-state index in [2.05, 4.69) is 15.6 Å². The van der Waals surface area contributed by atoms with Crippen molar-refractivity contribution >= 4 is 36.2 Å². The molecule has 1 heterocycles. The van der Waals surface area contributed by atoms with E-state index < -0.39 is 96.3 Å². The quantitative estimate of drug-likeness (QED) is 0.0815. The van der Waals surface area contributed by atoms with Gasteiger partial charge in [-0.25, -0.2) is 14.4 Å². The van der Waals surface area contributed by atoms with Crippen LogP contribution < -0.4 is 10.6 Å². The van der Waals surface area contributed by atoms with Crippen LogP contribution >= 0.6 is 0 Å². The van der Waals surface area contributed by atoms with Crippen LogP contribution in [-0.4, -0.2) is 88.6 Å². The number of hydrogen-bond donors (Lipinski definition) is 2. The zero-order valence-corrected chi connectivity index (χ0v) is 29.4. The fraction of sp³-hybridized carbons (Fsp3) is 0.636. The van der Waals surface area contributed by atoms with Crippen LogP contribution in [0.2, 0.25) is 0 Å². The zero-order valence-electron chi connectivity index (χ0n) is 29.4. The average Bonchev–Trinajstić information content (AvgIpc) is 2.92. The van der Waals surface area contributed by atoms with Gasteiger partial charge in [-0.05, 0) is 92.7 Å². The number of carbonyl (C=O) groups excluding carboxylic acids is 5. The van der Waals surface area contributed by atoms with E-state index in [1.54, 1.807) is 60.0 Å². The third-order valence-corrected chi connectivity index (χ3v) is 6.66. The number of alkyl carbamates (subject to hydrolysis) is 2. The molecule has 1 aliphatic heterocycles. The number of Topliss-reactive ketones (excluding diaryl/α,β-unsaturated/α-hetero) is 1. The fourth-order valence-electron chi connectivity index (χ4n) is 4.90. The van der Waals surface area contributed by atoms with E-state index in [-0.39, 0.29) is 12.0 Å². The minimum Gasteiger partial charge on any atom is -0.459 e. The molecule has 0 aromatic heterocycles. The minimum absolute atomic E-state index is 0.143. The molecule has 0 spiro atoms. The Morgan fingerprint density at radius 1 is 0.860 bits per heavy atom. The van der Waals surface area contributed by atoms with Gasteiger partial charge in [0.15, 0.2) is 0 Å². The van der Waals surface area contributed by atoms with Crippen molar-refractivity contribution in [2.45, 2.75) is 129 Å². The van der Waals surface area contributed by atoms with Crippen molar-refractivity contribution in [3.63, 3.8) is 0 Å². The van der Waals surface area contributed by atoms with Gasteiger partial charge >= 0.3 is 30.3 Å². The van der Waals surface area contributed by atoms with Crippen molar-refractivity contribution in [3.8, 4) is 0 Å². The van der Waals surface area contributed by atoms with E-state index in [9.17, 15) is 45.9 Å². The molecule has 0 fully saturated rings. The van der Waals surface area contributed by atoms with Crippen LogP contribution in [-0.2, 0) is 35.0 Å². The number of ketones is 1. The van der Waals surface area contributed by atoms with Crippen LogP contribution in [0.3, 0.4) is 0 Å². The molecule has 0 bridgehead atoms. The van der Waals surface area contributed by atoms with Gasteiger partial charge in [0.05, 0.1) is 12.1 Å². The number of benzene rings is 1. The first kappa shape index (κ1) is 42.0. The first-order chi connectivity index (χ1) is 22.7. The van der Waals surface area contributed by atoms with Crippen molar-refractivity contribution in [2.24, 2.45) is 4.99 Å². The van der Waals surface area contributed by atoms with Gasteiger partial charge in [-0.15, -0.1) is 0 Å². The number of hydrogen-bond acceptors (Lipinski definition) is 10. The molecular weight excluding hydrogens is 675 g/mol. The predicted molar refractivity (Wildman–Crippen MR) is 170 cm³/mol. The molecule has 1 aromatic carbocycles. The number of nitrogens with zero attached hydrogens (tertiary/aromatic N) is 2. The van der Waals surface area contributed by atoms with Crippen LogP contribution in [0, 0.1) is 0 Å². The summed E-state index contributed by atoms with van der Waals surface area (Å²) in [6.07, 6.45) is -8.30. The predicted octanol–water partition coefficient (Wildman–Crippen LogP) is 5.73. The topological polar surface area (TPSA) is 153 Å². The van der Waals surface area contributed by atoms with E-state index in [0.717, 1.165) is 0 Å². The molecule has 3 unspecified atom stereocenters. The van der Waals surface area contributed by atoms with E-state index >= 15 is 0 Å². The number of rotatable bonds is 9. The number of alkyl halides is 5. The maximum Gasteiger partial charge on any atom is 0.461 e. The third kappa shape index (κ3) is 12.0. The summed E-state index contributed by atoms with van der Waals surface area (Å²) in [5.74, 6) is -10.1. The lowest BCUT2D eigenvalue weighted by atomic mass is 9.84. The summed E-state index contributed by atoms with van der Waals surface area (Å²) in [5, 5.41) is 4.40. The molecule has 1 aromatic rings. The molecule has 2 N–H and O–H groups in total. The Labute approximate surface area is 287 Å². The van der Waals surface area contributed by atoms with Crippen LogP contribution in [0.1, 0.15) is 92.3 Å². The van der Waals surface area contributed by atoms with Crippen LogP contribution in [0.4, 0.5) is 31.5 Å². The number of esters is 1. The third-order valence-electron chi connectivity index (χ3n) is 6.66. The standard InChI is InChI=1S/C33H44F5N4O8/c1-29(2,3)48-25(45)23-21-14-11-10-13-19(21)17-20(18-43)42(23)22(24(44)32(34,35)33(36,37)38)15-12-16-39-26(40-27(46)49-30(4,5)6)41-28(47)50-31(7,8)9/h10-11,13-14,20,22-23H,12,15-17H2,1-9H3,(H2,39,40,41,46,47). The Morgan fingerprint density at radius 3 is 1.82 bits per heavy atom. The Kier molecular flexibility index (Phi) is 13.3. The monoisotopic (exact) mass is 719 g/mol. The first-order valence-corrected chi connectivity index (χ1v) is 15.7. The Balaban J connectivity index is 2.59. The van der Waals surface area contributed by atoms with Gasteiger partial charge in [-0.3, -0.25) is 30.1 Å². The van der Waals surface area contributed by atoms with E-state index in [1.807, 2.05) is 0 Å². The number of amides is 2. The molecule has 0 saturated carbocycles. The number of fused-ring (bicyclic) bond motifs is 1. The fourth-order valence-corrected chi connectivity index (χ4v) is 4.90. The molecule has 279 valence electrons. The Morgan fingerprint density at radius 2 is 1.36 bits per heavy atom. The second-order valence-electron chi connectivity index (χ2n) is 14.5. The normalized spacial score (nSPS) is 17.8. The average molecular weight is 720 g/mol. The van der Waals surface area contributed by atoms with Crippen molar-refractivity contribution in [2.75, 3.05) is 6.54 Å². The maximum atomic E-state index is 14.8. The van der Waals surface area contributed by atoms with Gasteiger partial charge in [0.1, 0.15) is 22.8 Å². The van der Waals surface area contributed by atoms with E-state index in [4.69, 9.17) is 14.2 Å². The summed E-state index contributed by atoms with van der Waals surface area (Å²) in [7, 11) is 0. The Hall–Kier alpha value is -4.15. The van der Waals surface area contributed by atoms with Crippen molar-refractivity contribution < 1.29 is 60.1 Å². The van der Waals surface area contributed by atoms with Gasteiger partial charge < -0.3 is 14.2 Å². The van der Waals surface area contributed by atoms with Gasteiger partial charge in [0.25, 0.3) is 0 Å². The van der Waals surface area contributed by atoms with Gasteiger partial charge in [-0.2, -0.15) is 22.0 Å². The summed E-state index contributed by atoms with van der Waals surface area (Å²) in [6.45, 7) is 13.4. The van der Waals surface area contributed by atoms with Crippen LogP contribution in [0.25, 0.3) is 0 Å². The molecule has 0 aliphatic carbocycles. The molecule has 0 saturated heterocycles. The van der Waals surface area contributed by atoms with Gasteiger partial charge in [-0.1, -0.05) is 24.3 Å². The molecule has 2 amide bonds. The number of halogens is 5. The lowest BCUT2D eigenvalue weighted by Crippen LogP contribution is -2.60. The van der Waals surface area contributed by atoms with E-state index in [0.29, 0.717) is 10.5 Å². The summed E-state index contributed by atoms with van der Waals surface area (Å²) in [5.41, 5.74) is -2.55. The largest absolute Gasteiger partial charge is 0.461 e. The number of carbonyl (C=O) groups is 4. The SMILES string of the molecule is CC(C)(C)OC(=O)NC(=NCCCC(C(=O)C(F)(F)C(F)(F)F)N1C([C]=O)Cc2ccccc2C1C(=O)OC(C)(C)C)NC(=O)OC(C)(C)C. The smallest absolute Gasteiger partial charge is 0.459 e. The highest BCUT2D eigenvalue weighted by atomic mass is 19.4. The summed E-state index contributed by atoms with van der Waals surface area (Å²) >= 11 is 0. The molecule has 50 heavy (non-hydrogen) atoms. The van der Waals surface area contributed by atoms with Gasteiger partial charge in [0.2, 0.25) is 18.0 Å². The van der Waals surface area contributed by atoms with Crippen LogP contribution in [0.15, 0.2) is 29.3 Å². The zero-order chi connectivity index (χ0) is 38.5. The molecule has 17 heteroatoms. The van der Waals surface area contributed by atoms with Crippen LogP contribution in [0.5, 0.6) is 0 Å². The maximum absolute atomic E-state index is 14.8. The molecule has 12 nitrogen and oxygen atoms in total. The molecule has 1 aliphatic rings. The summed E-state index contributed by atoms with van der Waals surface area (Å²) in [4.78, 5) is 68.7. The number of guanidine groups is 1. The Bertz CT molecular complexity index is 1410. The highest BCUT2D eigenvalue weighted by Crippen LogP contribution is 2.42. The van der Waals surface area contributed by atoms with Crippen molar-refractivity contribution in [1.82, 2.24) is 15.5 Å². The number of aliphatic imine (C=N–C) groups is 1. The lowest BCUT2D eigenvalue weighted by molar-refractivity contribution is -0.271. The van der Waals surface area contributed by atoms with Gasteiger partial charge in [0, 0.05) is 6.54 Å². The lowest BCUT2D eigenvalue weighted by Gasteiger charge is -2.44. The highest BCUT2D eigenvalue weighted by Gasteiger charge is 2.65. The van der Waals surface area contributed by atoms with Crippen molar-refractivity contribution in [3.05, 3.63) is 35.4 Å². The summed E-state index contributed by atoms with van der Waals surface area (Å²) < 4.78 is 86.1. The summed E-state index contributed by atoms with van der Waals surface area (Å²) in [6, 6.07) is 0.290. The number of ether oxygens (including phenoxy) is 3. The van der Waals surface area contributed by atoms with Crippen molar-refractivity contribution in [1.29, 1.82) is 0 Å². The number of nitrogens with one attached hydrogen (secondary N) is 2. The second kappa shape index (κ2) is 15.8.